The summed E-state index contributed by atoms with van der Waals surface area (Å²) in [6.45, 7) is 0. The molecule has 0 aliphatic heterocycles. The van der Waals surface area contributed by atoms with E-state index in [4.69, 9.17) is 9.47 Å². The fourth-order valence-corrected chi connectivity index (χ4v) is 3.29. The van der Waals surface area contributed by atoms with E-state index >= 15 is 0 Å². The molecule has 0 radical (unpaired) electrons. The maximum atomic E-state index is 12.4. The Balaban J connectivity index is 1.95. The van der Waals surface area contributed by atoms with Crippen LogP contribution in [0.15, 0.2) is 24.3 Å². The minimum Gasteiger partial charge on any atom is -0.497 e. The summed E-state index contributed by atoms with van der Waals surface area (Å²) in [7, 11) is 3.01. The van der Waals surface area contributed by atoms with Gasteiger partial charge in [0.15, 0.2) is 0 Å². The molecule has 0 heterocycles. The van der Waals surface area contributed by atoms with Gasteiger partial charge in [-0.05, 0) is 37.0 Å². The van der Waals surface area contributed by atoms with Crippen molar-refractivity contribution in [2.45, 2.75) is 56.9 Å². The van der Waals surface area contributed by atoms with Gasteiger partial charge in [-0.15, -0.1) is 0 Å². The molecule has 5 nitrogen and oxygen atoms in total. The number of ether oxygens (including phenoxy) is 2. The first-order valence-electron chi connectivity index (χ1n) is 8.62. The van der Waals surface area contributed by atoms with E-state index in [0.29, 0.717) is 25.7 Å². The van der Waals surface area contributed by atoms with E-state index in [0.717, 1.165) is 37.0 Å². The molecule has 0 bridgehead atoms. The molecule has 132 valence electrons. The van der Waals surface area contributed by atoms with Crippen molar-refractivity contribution < 1.29 is 19.1 Å². The van der Waals surface area contributed by atoms with Crippen LogP contribution in [0.25, 0.3) is 0 Å². The lowest BCUT2D eigenvalue weighted by Crippen LogP contribution is -2.54. The first-order chi connectivity index (χ1) is 11.6. The van der Waals surface area contributed by atoms with Crippen LogP contribution in [0.4, 0.5) is 0 Å². The zero-order valence-electron chi connectivity index (χ0n) is 14.6. The topological polar surface area (TPSA) is 64.6 Å². The molecular weight excluding hydrogens is 306 g/mol. The quantitative estimate of drug-likeness (QED) is 0.642. The zero-order chi connectivity index (χ0) is 17.4. The van der Waals surface area contributed by atoms with Crippen LogP contribution in [0.5, 0.6) is 5.75 Å². The number of amides is 1. The first kappa shape index (κ1) is 18.3. The number of hydrogen-bond donors (Lipinski definition) is 1. The molecule has 1 aromatic rings. The molecule has 1 amide bonds. The van der Waals surface area contributed by atoms with Gasteiger partial charge in [-0.3, -0.25) is 4.79 Å². The average molecular weight is 333 g/mol. The molecule has 0 atom stereocenters. The monoisotopic (exact) mass is 333 g/mol. The molecule has 1 N–H and O–H groups in total. The third-order valence-electron chi connectivity index (χ3n) is 4.71. The van der Waals surface area contributed by atoms with Crippen molar-refractivity contribution in [3.63, 3.8) is 0 Å². The Morgan fingerprint density at radius 1 is 1.04 bits per heavy atom. The molecular formula is C19H27NO4. The Hall–Kier alpha value is -2.04. The number of carbonyl (C=O) groups excluding carboxylic acids is 2. The van der Waals surface area contributed by atoms with Gasteiger partial charge in [0.25, 0.3) is 0 Å². The molecule has 1 fully saturated rings. The van der Waals surface area contributed by atoms with Crippen LogP contribution in [0.2, 0.25) is 0 Å². The summed E-state index contributed by atoms with van der Waals surface area (Å²) < 4.78 is 10.1. The van der Waals surface area contributed by atoms with Crippen LogP contribution < -0.4 is 10.1 Å². The highest BCUT2D eigenvalue weighted by atomic mass is 16.5. The van der Waals surface area contributed by atoms with E-state index in [1.165, 1.54) is 7.11 Å². The Kier molecular flexibility index (Phi) is 6.64. The number of benzene rings is 1. The maximum absolute atomic E-state index is 12.4. The van der Waals surface area contributed by atoms with Crippen molar-refractivity contribution in [1.29, 1.82) is 0 Å². The number of hydrogen-bond acceptors (Lipinski definition) is 4. The summed E-state index contributed by atoms with van der Waals surface area (Å²) in [4.78, 5) is 24.7. The predicted octanol–water partition coefficient (Wildman–Crippen LogP) is 3.01. The van der Waals surface area contributed by atoms with Gasteiger partial charge in [-0.25, -0.2) is 4.79 Å². The summed E-state index contributed by atoms with van der Waals surface area (Å²) in [5.41, 5.74) is 0.223. The van der Waals surface area contributed by atoms with E-state index in [9.17, 15) is 9.59 Å². The number of carbonyl (C=O) groups is 2. The number of aryl methyl sites for hydroxylation is 1. The lowest BCUT2D eigenvalue weighted by Gasteiger charge is -2.31. The molecule has 24 heavy (non-hydrogen) atoms. The van der Waals surface area contributed by atoms with Crippen LogP contribution >= 0.6 is 0 Å². The van der Waals surface area contributed by atoms with Crippen LogP contribution in [0.1, 0.15) is 50.5 Å². The zero-order valence-corrected chi connectivity index (χ0v) is 14.6. The highest BCUT2D eigenvalue weighted by Gasteiger charge is 2.40. The van der Waals surface area contributed by atoms with E-state index in [2.05, 4.69) is 5.32 Å². The van der Waals surface area contributed by atoms with E-state index < -0.39 is 5.54 Å². The van der Waals surface area contributed by atoms with Crippen molar-refractivity contribution in [2.24, 2.45) is 0 Å². The highest BCUT2D eigenvalue weighted by molar-refractivity contribution is 5.88. The minimum absolute atomic E-state index is 0.0990. The van der Waals surface area contributed by atoms with Gasteiger partial charge in [0.05, 0.1) is 14.2 Å². The summed E-state index contributed by atoms with van der Waals surface area (Å²) in [6, 6.07) is 7.67. The Labute approximate surface area is 143 Å². The van der Waals surface area contributed by atoms with Crippen LogP contribution in [-0.4, -0.2) is 31.6 Å². The van der Waals surface area contributed by atoms with Gasteiger partial charge in [-0.2, -0.15) is 0 Å². The molecule has 0 aromatic heterocycles. The number of nitrogens with one attached hydrogen (secondary N) is 1. The van der Waals surface area contributed by atoms with Crippen molar-refractivity contribution in [1.82, 2.24) is 5.32 Å². The second-order valence-corrected chi connectivity index (χ2v) is 6.38. The fraction of sp³-hybridized carbons (Fsp3) is 0.579. The van der Waals surface area contributed by atoms with Crippen molar-refractivity contribution in [3.8, 4) is 5.75 Å². The molecule has 1 aliphatic rings. The largest absolute Gasteiger partial charge is 0.497 e. The lowest BCUT2D eigenvalue weighted by atomic mass is 9.89. The van der Waals surface area contributed by atoms with E-state index in [1.54, 1.807) is 7.11 Å². The smallest absolute Gasteiger partial charge is 0.331 e. The number of methoxy groups -OCH3 is 2. The fourth-order valence-electron chi connectivity index (χ4n) is 3.29. The molecule has 1 aromatic carbocycles. The van der Waals surface area contributed by atoms with Gasteiger partial charge in [0.1, 0.15) is 11.3 Å². The third-order valence-corrected chi connectivity index (χ3v) is 4.71. The number of rotatable bonds is 6. The normalized spacial score (nSPS) is 16.8. The Bertz CT molecular complexity index is 545. The van der Waals surface area contributed by atoms with Crippen LogP contribution in [0, 0.1) is 0 Å². The van der Waals surface area contributed by atoms with Gasteiger partial charge in [-0.1, -0.05) is 37.8 Å². The van der Waals surface area contributed by atoms with Gasteiger partial charge in [0.2, 0.25) is 5.91 Å². The third kappa shape index (κ3) is 4.73. The average Bonchev–Trinajstić information content (AvgIpc) is 2.86. The molecule has 1 aliphatic carbocycles. The molecule has 5 heteroatoms. The Morgan fingerprint density at radius 3 is 2.21 bits per heavy atom. The van der Waals surface area contributed by atoms with Gasteiger partial charge in [0, 0.05) is 6.42 Å². The van der Waals surface area contributed by atoms with Crippen LogP contribution in [-0.2, 0) is 20.7 Å². The summed E-state index contributed by atoms with van der Waals surface area (Å²) in [5.74, 6) is 0.381. The van der Waals surface area contributed by atoms with Gasteiger partial charge < -0.3 is 14.8 Å². The van der Waals surface area contributed by atoms with Crippen molar-refractivity contribution in [3.05, 3.63) is 29.8 Å². The van der Waals surface area contributed by atoms with Gasteiger partial charge >= 0.3 is 5.97 Å². The highest BCUT2D eigenvalue weighted by Crippen LogP contribution is 2.28. The molecule has 0 spiro atoms. The summed E-state index contributed by atoms with van der Waals surface area (Å²) in [6.07, 6.45) is 6.38. The predicted molar refractivity (Wildman–Crippen MR) is 91.9 cm³/mol. The SMILES string of the molecule is COC(=O)C1(NC(=O)CCc2ccc(OC)cc2)CCCCCC1. The lowest BCUT2D eigenvalue weighted by molar-refractivity contribution is -0.151. The molecule has 0 unspecified atom stereocenters. The van der Waals surface area contributed by atoms with Crippen molar-refractivity contribution >= 4 is 11.9 Å². The second-order valence-electron chi connectivity index (χ2n) is 6.38. The van der Waals surface area contributed by atoms with Crippen molar-refractivity contribution in [2.75, 3.05) is 14.2 Å². The maximum Gasteiger partial charge on any atom is 0.331 e. The minimum atomic E-state index is -0.845. The summed E-state index contributed by atoms with van der Waals surface area (Å²) >= 11 is 0. The van der Waals surface area contributed by atoms with Crippen LogP contribution in [0.3, 0.4) is 0 Å². The summed E-state index contributed by atoms with van der Waals surface area (Å²) in [5, 5.41) is 2.98. The standard InChI is InChI=1S/C19H27NO4/c1-23-16-10-7-15(8-11-16)9-12-17(21)20-19(18(22)24-2)13-5-3-4-6-14-19/h7-8,10-11H,3-6,9,12-14H2,1-2H3,(H,20,21). The second kappa shape index (κ2) is 8.71. The van der Waals surface area contributed by atoms with E-state index in [1.807, 2.05) is 24.3 Å². The Morgan fingerprint density at radius 2 is 1.67 bits per heavy atom. The van der Waals surface area contributed by atoms with E-state index in [-0.39, 0.29) is 11.9 Å². The molecule has 2 rings (SSSR count). The number of esters is 1. The molecule has 1 saturated carbocycles. The first-order valence-corrected chi connectivity index (χ1v) is 8.62. The molecule has 0 saturated heterocycles.